The molecule has 0 bridgehead atoms. The lowest BCUT2D eigenvalue weighted by molar-refractivity contribution is -0.159. The molecule has 18 heavy (non-hydrogen) atoms. The van der Waals surface area contributed by atoms with Crippen molar-refractivity contribution < 1.29 is 22.9 Å². The largest absolute Gasteiger partial charge is 0.471 e. The maximum Gasteiger partial charge on any atom is 0.471 e. The van der Waals surface area contributed by atoms with Crippen LogP contribution in [-0.4, -0.2) is 21.6 Å². The molecule has 0 fully saturated rings. The van der Waals surface area contributed by atoms with Crippen molar-refractivity contribution >= 4 is 6.21 Å². The highest BCUT2D eigenvalue weighted by Gasteiger charge is 2.38. The van der Waals surface area contributed by atoms with Gasteiger partial charge in [0.25, 0.3) is 0 Å². The molecule has 0 atom stereocenters. The molecule has 8 heteroatoms. The van der Waals surface area contributed by atoms with Crippen molar-refractivity contribution in [3.05, 3.63) is 35.7 Å². The Labute approximate surface area is 98.5 Å². The first kappa shape index (κ1) is 12.1. The van der Waals surface area contributed by atoms with Gasteiger partial charge in [-0.05, 0) is 0 Å². The summed E-state index contributed by atoms with van der Waals surface area (Å²) < 4.78 is 41.0. The van der Waals surface area contributed by atoms with Crippen LogP contribution in [0, 0.1) is 0 Å². The second-order valence-corrected chi connectivity index (χ2v) is 3.25. The van der Waals surface area contributed by atoms with E-state index in [1.807, 2.05) is 0 Å². The van der Waals surface area contributed by atoms with Gasteiger partial charge in [0.1, 0.15) is 0 Å². The first-order valence-corrected chi connectivity index (χ1v) is 4.70. The number of aromatic nitrogens is 2. The summed E-state index contributed by atoms with van der Waals surface area (Å²) in [6.07, 6.45) is -3.62. The highest BCUT2D eigenvalue weighted by atomic mass is 19.4. The molecule has 1 heterocycles. The maximum atomic E-state index is 12.3. The van der Waals surface area contributed by atoms with Crippen LogP contribution in [0.3, 0.4) is 0 Å². The maximum absolute atomic E-state index is 12.3. The van der Waals surface area contributed by atoms with Gasteiger partial charge in [-0.2, -0.15) is 18.2 Å². The number of benzene rings is 1. The zero-order chi connectivity index (χ0) is 13.2. The van der Waals surface area contributed by atoms with E-state index in [1.165, 1.54) is 6.07 Å². The molecular weight excluding hydrogens is 251 g/mol. The Kier molecular flexibility index (Phi) is 3.00. The lowest BCUT2D eigenvalue weighted by Crippen LogP contribution is -2.04. The summed E-state index contributed by atoms with van der Waals surface area (Å²) in [6, 6.07) is 6.25. The quantitative estimate of drug-likeness (QED) is 0.510. The van der Waals surface area contributed by atoms with Gasteiger partial charge in [-0.15, -0.1) is 0 Å². The number of rotatable bonds is 2. The summed E-state index contributed by atoms with van der Waals surface area (Å²) >= 11 is 0. The second-order valence-electron chi connectivity index (χ2n) is 3.25. The molecule has 5 nitrogen and oxygen atoms in total. The number of halogens is 3. The third-order valence-electron chi connectivity index (χ3n) is 2.07. The monoisotopic (exact) mass is 257 g/mol. The number of nitrogens with zero attached hydrogens (tertiary/aromatic N) is 3. The van der Waals surface area contributed by atoms with E-state index in [0.29, 0.717) is 5.56 Å². The highest BCUT2D eigenvalue weighted by molar-refractivity contribution is 5.88. The van der Waals surface area contributed by atoms with E-state index < -0.39 is 12.1 Å². The van der Waals surface area contributed by atoms with Crippen LogP contribution in [0.5, 0.6) is 0 Å². The van der Waals surface area contributed by atoms with Gasteiger partial charge in [-0.3, -0.25) is 0 Å². The van der Waals surface area contributed by atoms with Crippen LogP contribution < -0.4 is 0 Å². The lowest BCUT2D eigenvalue weighted by Gasteiger charge is -1.99. The predicted molar refractivity (Wildman–Crippen MR) is 54.1 cm³/mol. The average molecular weight is 257 g/mol. The fourth-order valence-electron chi connectivity index (χ4n) is 1.32. The van der Waals surface area contributed by atoms with Crippen molar-refractivity contribution in [2.24, 2.45) is 5.16 Å². The van der Waals surface area contributed by atoms with E-state index in [1.54, 1.807) is 18.2 Å². The average Bonchev–Trinajstić information content (AvgIpc) is 2.79. The summed E-state index contributed by atoms with van der Waals surface area (Å²) in [6.45, 7) is 0. The highest BCUT2D eigenvalue weighted by Crippen LogP contribution is 2.29. The minimum Gasteiger partial charge on any atom is -0.411 e. The third kappa shape index (κ3) is 2.31. The topological polar surface area (TPSA) is 71.5 Å². The summed E-state index contributed by atoms with van der Waals surface area (Å²) in [5.74, 6) is -1.65. The van der Waals surface area contributed by atoms with Crippen molar-refractivity contribution in [1.82, 2.24) is 10.1 Å². The Morgan fingerprint density at radius 3 is 2.61 bits per heavy atom. The van der Waals surface area contributed by atoms with Gasteiger partial charge in [0, 0.05) is 11.1 Å². The first-order valence-electron chi connectivity index (χ1n) is 4.70. The van der Waals surface area contributed by atoms with E-state index in [2.05, 4.69) is 19.8 Å². The van der Waals surface area contributed by atoms with Gasteiger partial charge >= 0.3 is 12.1 Å². The molecule has 0 saturated heterocycles. The minimum atomic E-state index is -4.69. The van der Waals surface area contributed by atoms with Crippen LogP contribution in [-0.2, 0) is 6.18 Å². The Morgan fingerprint density at radius 2 is 2.00 bits per heavy atom. The van der Waals surface area contributed by atoms with E-state index >= 15 is 0 Å². The fourth-order valence-corrected chi connectivity index (χ4v) is 1.32. The van der Waals surface area contributed by atoms with E-state index in [4.69, 9.17) is 5.21 Å². The number of oxime groups is 1. The van der Waals surface area contributed by atoms with E-state index in [9.17, 15) is 13.2 Å². The molecule has 1 aromatic carbocycles. The number of alkyl halides is 3. The van der Waals surface area contributed by atoms with Crippen molar-refractivity contribution in [3.63, 3.8) is 0 Å². The van der Waals surface area contributed by atoms with Gasteiger partial charge in [0.2, 0.25) is 5.82 Å². The molecule has 94 valence electrons. The smallest absolute Gasteiger partial charge is 0.411 e. The van der Waals surface area contributed by atoms with Crippen LogP contribution in [0.2, 0.25) is 0 Å². The molecule has 0 amide bonds. The molecule has 2 aromatic rings. The molecule has 0 spiro atoms. The van der Waals surface area contributed by atoms with E-state index in [0.717, 1.165) is 6.21 Å². The summed E-state index contributed by atoms with van der Waals surface area (Å²) in [4.78, 5) is 3.25. The number of hydrogen-bond donors (Lipinski definition) is 1. The molecule has 1 aromatic heterocycles. The van der Waals surface area contributed by atoms with Crippen LogP contribution in [0.1, 0.15) is 11.5 Å². The van der Waals surface area contributed by atoms with Crippen molar-refractivity contribution in [2.75, 3.05) is 0 Å². The van der Waals surface area contributed by atoms with Crippen molar-refractivity contribution in [3.8, 4) is 11.4 Å². The summed E-state index contributed by atoms with van der Waals surface area (Å²) in [7, 11) is 0. The first-order chi connectivity index (χ1) is 8.52. The predicted octanol–water partition coefficient (Wildman–Crippen LogP) is 2.56. The normalized spacial score (nSPS) is 12.2. The van der Waals surface area contributed by atoms with Crippen molar-refractivity contribution in [1.29, 1.82) is 0 Å². The molecule has 2 rings (SSSR count). The molecule has 0 saturated carbocycles. The lowest BCUT2D eigenvalue weighted by atomic mass is 10.1. The molecule has 0 aliphatic heterocycles. The van der Waals surface area contributed by atoms with Gasteiger partial charge in [-0.1, -0.05) is 34.6 Å². The Hall–Kier alpha value is -2.38. The molecule has 0 aliphatic carbocycles. The molecule has 0 aliphatic rings. The minimum absolute atomic E-state index is 0.224. The molecule has 0 unspecified atom stereocenters. The summed E-state index contributed by atoms with van der Waals surface area (Å²) in [5, 5.41) is 14.5. The molecule has 0 radical (unpaired) electrons. The Bertz CT molecular complexity index is 578. The number of hydrogen-bond acceptors (Lipinski definition) is 5. The Morgan fingerprint density at radius 1 is 1.28 bits per heavy atom. The summed E-state index contributed by atoms with van der Waals surface area (Å²) in [5.41, 5.74) is 0.643. The van der Waals surface area contributed by atoms with Crippen LogP contribution >= 0.6 is 0 Å². The van der Waals surface area contributed by atoms with Crippen LogP contribution in [0.25, 0.3) is 11.4 Å². The fraction of sp³-hybridized carbons (Fsp3) is 0.100. The van der Waals surface area contributed by atoms with Crippen LogP contribution in [0.4, 0.5) is 13.2 Å². The standard InChI is InChI=1S/C10H6F3N3O2/c11-10(12,13)9-15-8(16-18-9)7-4-2-1-3-6(7)5-14-17/h1-5,17H/b14-5+. The molecule has 1 N–H and O–H groups in total. The third-order valence-corrected chi connectivity index (χ3v) is 2.07. The van der Waals surface area contributed by atoms with Gasteiger partial charge in [0.15, 0.2) is 0 Å². The van der Waals surface area contributed by atoms with Crippen molar-refractivity contribution in [2.45, 2.75) is 6.18 Å². The SMILES string of the molecule is O/N=C/c1ccccc1-c1noc(C(F)(F)F)n1. The van der Waals surface area contributed by atoms with Gasteiger partial charge in [-0.25, -0.2) is 0 Å². The van der Waals surface area contributed by atoms with Gasteiger partial charge in [0.05, 0.1) is 6.21 Å². The van der Waals surface area contributed by atoms with Gasteiger partial charge < -0.3 is 9.73 Å². The zero-order valence-corrected chi connectivity index (χ0v) is 8.72. The second kappa shape index (κ2) is 4.47. The zero-order valence-electron chi connectivity index (χ0n) is 8.72. The molecular formula is C10H6F3N3O2. The van der Waals surface area contributed by atoms with Crippen LogP contribution in [0.15, 0.2) is 33.9 Å². The van der Waals surface area contributed by atoms with E-state index in [-0.39, 0.29) is 11.4 Å². The Balaban J connectivity index is 2.46.